The van der Waals surface area contributed by atoms with E-state index in [1.807, 2.05) is 19.9 Å². The van der Waals surface area contributed by atoms with Gasteiger partial charge in [0.1, 0.15) is 5.75 Å². The third kappa shape index (κ3) is 6.79. The van der Waals surface area contributed by atoms with Crippen molar-refractivity contribution in [2.24, 2.45) is 0 Å². The molecule has 1 aromatic carbocycles. The van der Waals surface area contributed by atoms with Crippen LogP contribution in [0.2, 0.25) is 10.0 Å². The van der Waals surface area contributed by atoms with E-state index in [2.05, 4.69) is 16.0 Å². The highest BCUT2D eigenvalue weighted by atomic mass is 35.5. The number of carbonyl (C=O) groups is 1. The van der Waals surface area contributed by atoms with Gasteiger partial charge in [0.25, 0.3) is 16.0 Å². The summed E-state index contributed by atoms with van der Waals surface area (Å²) in [4.78, 5) is 20.5. The van der Waals surface area contributed by atoms with E-state index in [1.54, 1.807) is 4.90 Å². The Morgan fingerprint density at radius 3 is 2.44 bits per heavy atom. The third-order valence-electron chi connectivity index (χ3n) is 5.30. The molecule has 32 heavy (non-hydrogen) atoms. The first-order chi connectivity index (χ1) is 15.0. The second-order valence-corrected chi connectivity index (χ2v) is 10.1. The number of ether oxygens (including phenoxy) is 1. The predicted molar refractivity (Wildman–Crippen MR) is 123 cm³/mol. The largest absolute Gasteiger partial charge is 0.467 e. The normalized spacial score (nSPS) is 15.1. The Kier molecular flexibility index (Phi) is 8.00. The molecule has 1 N–H and O–H groups in total. The van der Waals surface area contributed by atoms with E-state index in [4.69, 9.17) is 32.5 Å². The molecule has 0 aliphatic carbocycles. The lowest BCUT2D eigenvalue weighted by atomic mass is 10.0. The predicted octanol–water partition coefficient (Wildman–Crippen LogP) is 3.12. The lowest BCUT2D eigenvalue weighted by Gasteiger charge is -2.35. The number of amides is 1. The van der Waals surface area contributed by atoms with Crippen molar-refractivity contribution in [3.05, 3.63) is 56.7 Å². The summed E-state index contributed by atoms with van der Waals surface area (Å²) < 4.78 is 37.0. The van der Waals surface area contributed by atoms with Gasteiger partial charge in [-0.05, 0) is 42.7 Å². The van der Waals surface area contributed by atoms with Crippen LogP contribution in [0.1, 0.15) is 22.3 Å². The molecule has 11 heteroatoms. The van der Waals surface area contributed by atoms with Gasteiger partial charge in [-0.1, -0.05) is 29.3 Å². The number of piperazine rings is 1. The molecule has 3 rings (SSSR count). The fraction of sp³-hybridized carbons (Fsp3) is 0.429. The monoisotopic (exact) mass is 501 g/mol. The molecular formula is C21H25Cl2N3O5S. The van der Waals surface area contributed by atoms with Crippen LogP contribution in [0.15, 0.2) is 24.4 Å². The van der Waals surface area contributed by atoms with Crippen LogP contribution in [0.3, 0.4) is 0 Å². The summed E-state index contributed by atoms with van der Waals surface area (Å²) in [6, 6.07) is 5.41. The molecular weight excluding hydrogens is 477 g/mol. The highest BCUT2D eigenvalue weighted by Gasteiger charge is 2.23. The van der Waals surface area contributed by atoms with E-state index in [1.165, 1.54) is 17.8 Å². The molecule has 1 amide bonds. The second kappa shape index (κ2) is 10.4. The Morgan fingerprint density at radius 2 is 1.78 bits per heavy atom. The zero-order chi connectivity index (χ0) is 23.5. The molecule has 0 bridgehead atoms. The Bertz CT molecular complexity index is 1100. The number of benzene rings is 1. The molecule has 1 fully saturated rings. The fourth-order valence-corrected chi connectivity index (χ4v) is 4.53. The number of aryl methyl sites for hydroxylation is 2. The summed E-state index contributed by atoms with van der Waals surface area (Å²) in [5.41, 5.74) is 3.49. The topological polar surface area (TPSA) is 100 Å². The van der Waals surface area contributed by atoms with Crippen LogP contribution in [-0.4, -0.2) is 66.4 Å². The summed E-state index contributed by atoms with van der Waals surface area (Å²) in [6.07, 6.45) is 1.29. The number of nitrogens with zero attached hydrogens (tertiary/aromatic N) is 3. The summed E-state index contributed by atoms with van der Waals surface area (Å²) >= 11 is 12.0. The van der Waals surface area contributed by atoms with Crippen LogP contribution in [0, 0.1) is 13.8 Å². The molecule has 0 saturated carbocycles. The summed E-state index contributed by atoms with van der Waals surface area (Å²) in [6.45, 7) is 7.08. The van der Waals surface area contributed by atoms with E-state index in [0.717, 1.165) is 35.8 Å². The number of carbonyl (C=O) groups excluding carboxylic acids is 1. The molecule has 2 heterocycles. The minimum Gasteiger partial charge on any atom is -0.467 e. The smallest absolute Gasteiger partial charge is 0.269 e. The molecule has 0 atom stereocenters. The number of hydrogen-bond acceptors (Lipinski definition) is 6. The van der Waals surface area contributed by atoms with Crippen LogP contribution in [0.25, 0.3) is 0 Å². The minimum atomic E-state index is -4.30. The Balaban J connectivity index is 1.54. The maximum absolute atomic E-state index is 12.6. The van der Waals surface area contributed by atoms with E-state index < -0.39 is 15.9 Å². The van der Waals surface area contributed by atoms with E-state index in [9.17, 15) is 13.2 Å². The fourth-order valence-electron chi connectivity index (χ4n) is 3.53. The van der Waals surface area contributed by atoms with Gasteiger partial charge in [0.2, 0.25) is 5.88 Å². The standard InChI is InChI=1S/C21H25Cl2N3O5S/c1-14-8-19(23)15(2)7-16(14)11-25-3-5-26(6-4-25)20(27)12-31-21-17(13-32(28,29)30)9-18(22)10-24-21/h7-10H,3-6,11-13H2,1-2H3,(H,28,29,30). The lowest BCUT2D eigenvalue weighted by molar-refractivity contribution is -0.135. The summed E-state index contributed by atoms with van der Waals surface area (Å²) in [5, 5.41) is 0.959. The highest BCUT2D eigenvalue weighted by Crippen LogP contribution is 2.23. The van der Waals surface area contributed by atoms with Gasteiger partial charge in [-0.25, -0.2) is 4.98 Å². The van der Waals surface area contributed by atoms with Gasteiger partial charge in [0.15, 0.2) is 6.61 Å². The number of aromatic nitrogens is 1. The minimum absolute atomic E-state index is 0.0485. The van der Waals surface area contributed by atoms with E-state index >= 15 is 0 Å². The Hall–Kier alpha value is -1.91. The lowest BCUT2D eigenvalue weighted by Crippen LogP contribution is -2.49. The van der Waals surface area contributed by atoms with Gasteiger partial charge in [-0.2, -0.15) is 8.42 Å². The van der Waals surface area contributed by atoms with Gasteiger partial charge in [0.05, 0.1) is 5.02 Å². The van der Waals surface area contributed by atoms with Crippen molar-refractivity contribution in [2.45, 2.75) is 26.1 Å². The van der Waals surface area contributed by atoms with Gasteiger partial charge in [-0.3, -0.25) is 14.2 Å². The zero-order valence-electron chi connectivity index (χ0n) is 17.8. The van der Waals surface area contributed by atoms with Crippen molar-refractivity contribution in [2.75, 3.05) is 32.8 Å². The van der Waals surface area contributed by atoms with Gasteiger partial charge >= 0.3 is 0 Å². The molecule has 1 aliphatic rings. The number of pyridine rings is 1. The van der Waals surface area contributed by atoms with Crippen LogP contribution in [0.5, 0.6) is 5.88 Å². The molecule has 1 saturated heterocycles. The SMILES string of the molecule is Cc1cc(CN2CCN(C(=O)COc3ncc(Cl)cc3CS(=O)(=O)O)CC2)c(C)cc1Cl. The quantitative estimate of drug-likeness (QED) is 0.581. The molecule has 1 aromatic heterocycles. The maximum Gasteiger partial charge on any atom is 0.269 e. The van der Waals surface area contributed by atoms with Gasteiger partial charge in [-0.15, -0.1) is 0 Å². The highest BCUT2D eigenvalue weighted by molar-refractivity contribution is 7.85. The van der Waals surface area contributed by atoms with E-state index in [0.29, 0.717) is 13.1 Å². The molecule has 8 nitrogen and oxygen atoms in total. The van der Waals surface area contributed by atoms with Crippen LogP contribution >= 0.6 is 23.2 Å². The van der Waals surface area contributed by atoms with Crippen LogP contribution in [0.4, 0.5) is 0 Å². The Labute approximate surface area is 197 Å². The second-order valence-electron chi connectivity index (χ2n) is 7.82. The first kappa shape index (κ1) is 24.7. The first-order valence-electron chi connectivity index (χ1n) is 10.00. The van der Waals surface area contributed by atoms with Crippen LogP contribution in [-0.2, 0) is 27.2 Å². The third-order valence-corrected chi connectivity index (χ3v) is 6.59. The van der Waals surface area contributed by atoms with E-state index in [-0.39, 0.29) is 29.0 Å². The van der Waals surface area contributed by atoms with Gasteiger partial charge in [0, 0.05) is 49.5 Å². The average molecular weight is 502 g/mol. The zero-order valence-corrected chi connectivity index (χ0v) is 20.2. The molecule has 1 aliphatic heterocycles. The maximum atomic E-state index is 12.6. The number of hydrogen-bond donors (Lipinski definition) is 1. The van der Waals surface area contributed by atoms with Crippen molar-refractivity contribution in [1.82, 2.24) is 14.8 Å². The molecule has 174 valence electrons. The van der Waals surface area contributed by atoms with Crippen molar-refractivity contribution in [3.63, 3.8) is 0 Å². The Morgan fingerprint density at radius 1 is 1.09 bits per heavy atom. The van der Waals surface area contributed by atoms with Crippen molar-refractivity contribution in [3.8, 4) is 5.88 Å². The molecule has 0 radical (unpaired) electrons. The average Bonchev–Trinajstić information content (AvgIpc) is 2.70. The van der Waals surface area contributed by atoms with Crippen LogP contribution < -0.4 is 4.74 Å². The molecule has 0 unspecified atom stereocenters. The van der Waals surface area contributed by atoms with Crippen molar-refractivity contribution in [1.29, 1.82) is 0 Å². The first-order valence-corrected chi connectivity index (χ1v) is 12.4. The molecule has 2 aromatic rings. The number of rotatable bonds is 7. The van der Waals surface area contributed by atoms with Crippen molar-refractivity contribution >= 4 is 39.2 Å². The van der Waals surface area contributed by atoms with Crippen molar-refractivity contribution < 1.29 is 22.5 Å². The summed E-state index contributed by atoms with van der Waals surface area (Å²) in [5.74, 6) is -0.975. The van der Waals surface area contributed by atoms with Gasteiger partial charge < -0.3 is 9.64 Å². The molecule has 0 spiro atoms. The number of halogens is 2. The summed E-state index contributed by atoms with van der Waals surface area (Å²) in [7, 11) is -4.30.